The van der Waals surface area contributed by atoms with Gasteiger partial charge in [0.2, 0.25) is 5.78 Å². The fraction of sp³-hybridized carbons (Fsp3) is 0.280. The number of hydrogen-bond acceptors (Lipinski definition) is 7. The van der Waals surface area contributed by atoms with Crippen molar-refractivity contribution in [1.82, 2.24) is 15.5 Å². The number of nitrogens with zero attached hydrogens (tertiary/aromatic N) is 3. The Kier molecular flexibility index (Phi) is 5.51. The molecule has 2 aliphatic heterocycles. The number of ether oxygens (including phenoxy) is 1. The zero-order valence-corrected chi connectivity index (χ0v) is 18.0. The maximum Gasteiger partial charge on any atom is 0.271 e. The second-order valence-electron chi connectivity index (χ2n) is 8.32. The van der Waals surface area contributed by atoms with Crippen LogP contribution < -0.4 is 15.0 Å². The van der Waals surface area contributed by atoms with Crippen molar-refractivity contribution < 1.29 is 19.4 Å². The first kappa shape index (κ1) is 21.1. The number of para-hydroxylation sites is 1. The second kappa shape index (κ2) is 8.63. The Hall–Kier alpha value is -3.78. The molecule has 33 heavy (non-hydrogen) atoms. The van der Waals surface area contributed by atoms with Gasteiger partial charge in [-0.1, -0.05) is 42.5 Å². The number of anilines is 1. The molecule has 1 saturated heterocycles. The number of aromatic nitrogens is 2. The van der Waals surface area contributed by atoms with Crippen LogP contribution in [-0.2, 0) is 0 Å². The van der Waals surface area contributed by atoms with Crippen LogP contribution in [0.1, 0.15) is 45.4 Å². The zero-order chi connectivity index (χ0) is 22.8. The minimum absolute atomic E-state index is 0.0496. The van der Waals surface area contributed by atoms with Gasteiger partial charge in [-0.2, -0.15) is 0 Å². The monoisotopic (exact) mass is 444 g/mol. The summed E-state index contributed by atoms with van der Waals surface area (Å²) in [6, 6.07) is 19.9. The van der Waals surface area contributed by atoms with Crippen LogP contribution in [0.2, 0.25) is 0 Å². The van der Waals surface area contributed by atoms with Crippen LogP contribution in [0.25, 0.3) is 0 Å². The Balaban J connectivity index is 1.17. The summed E-state index contributed by atoms with van der Waals surface area (Å²) in [6.45, 7) is 1.28. The molecule has 8 nitrogen and oxygen atoms in total. The average Bonchev–Trinajstić information content (AvgIpc) is 3.14. The first-order valence-electron chi connectivity index (χ1n) is 11.0. The average molecular weight is 444 g/mol. The van der Waals surface area contributed by atoms with Crippen LogP contribution in [0, 0.1) is 0 Å². The third-order valence-corrected chi connectivity index (χ3v) is 6.27. The molecule has 0 saturated carbocycles. The molecule has 1 atom stereocenters. The van der Waals surface area contributed by atoms with Gasteiger partial charge in [-0.15, -0.1) is 10.2 Å². The molecule has 8 heteroatoms. The molecule has 2 N–H and O–H groups in total. The van der Waals surface area contributed by atoms with Crippen LogP contribution in [0.3, 0.4) is 0 Å². The molecule has 0 aliphatic carbocycles. The van der Waals surface area contributed by atoms with E-state index in [-0.39, 0.29) is 18.0 Å². The van der Waals surface area contributed by atoms with Gasteiger partial charge in [0, 0.05) is 32.5 Å². The number of rotatable bonds is 5. The molecule has 1 unspecified atom stereocenters. The van der Waals surface area contributed by atoms with E-state index in [0.29, 0.717) is 43.1 Å². The number of nitrogens with one attached hydrogen (secondary N) is 1. The van der Waals surface area contributed by atoms with Crippen molar-refractivity contribution >= 4 is 17.5 Å². The summed E-state index contributed by atoms with van der Waals surface area (Å²) in [5.74, 6) is 0.954. The van der Waals surface area contributed by atoms with Crippen molar-refractivity contribution in [1.29, 1.82) is 0 Å². The van der Waals surface area contributed by atoms with E-state index < -0.39 is 17.6 Å². The number of hydrogen-bond donors (Lipinski definition) is 2. The lowest BCUT2D eigenvalue weighted by Gasteiger charge is -2.37. The number of amides is 1. The molecular formula is C25H24N4O4. The SMILES string of the molecule is O=C(NCC(O)c1ccccc1)c1ccc(N2CCC3(CC2)Oc2ccccc2C3=O)nn1. The number of aliphatic hydroxyl groups excluding tert-OH is 1. The standard InChI is InChI=1S/C25H24N4O4/c30-20(17-6-2-1-3-7-17)16-26-24(32)19-10-11-22(28-27-19)29-14-12-25(13-15-29)23(31)18-8-4-5-9-21(18)33-25/h1-11,20,30H,12-16H2,(H,26,32). The summed E-state index contributed by atoms with van der Waals surface area (Å²) < 4.78 is 6.07. The fourth-order valence-electron chi connectivity index (χ4n) is 4.36. The number of fused-ring (bicyclic) bond motifs is 1. The van der Waals surface area contributed by atoms with Gasteiger partial charge in [-0.3, -0.25) is 9.59 Å². The highest BCUT2D eigenvalue weighted by molar-refractivity contribution is 6.07. The van der Waals surface area contributed by atoms with Crippen molar-refractivity contribution in [2.75, 3.05) is 24.5 Å². The normalized spacial score (nSPS) is 17.4. The van der Waals surface area contributed by atoms with Crippen molar-refractivity contribution in [3.8, 4) is 5.75 Å². The first-order chi connectivity index (χ1) is 16.1. The summed E-state index contributed by atoms with van der Waals surface area (Å²) in [5, 5.41) is 21.2. The summed E-state index contributed by atoms with van der Waals surface area (Å²) >= 11 is 0. The Morgan fingerprint density at radius 1 is 1.03 bits per heavy atom. The van der Waals surface area contributed by atoms with E-state index >= 15 is 0 Å². The number of aliphatic hydroxyl groups is 1. The van der Waals surface area contributed by atoms with Crippen molar-refractivity contribution in [3.63, 3.8) is 0 Å². The quantitative estimate of drug-likeness (QED) is 0.623. The van der Waals surface area contributed by atoms with Gasteiger partial charge in [0.05, 0.1) is 11.7 Å². The second-order valence-corrected chi connectivity index (χ2v) is 8.32. The number of carbonyl (C=O) groups excluding carboxylic acids is 2. The van der Waals surface area contributed by atoms with Crippen LogP contribution in [0.15, 0.2) is 66.7 Å². The van der Waals surface area contributed by atoms with Gasteiger partial charge in [-0.05, 0) is 29.8 Å². The Morgan fingerprint density at radius 2 is 1.76 bits per heavy atom. The largest absolute Gasteiger partial charge is 0.478 e. The summed E-state index contributed by atoms with van der Waals surface area (Å²) in [5.41, 5.74) is 0.762. The van der Waals surface area contributed by atoms with Gasteiger partial charge in [-0.25, -0.2) is 0 Å². The van der Waals surface area contributed by atoms with Crippen LogP contribution in [0.5, 0.6) is 5.75 Å². The molecule has 3 heterocycles. The minimum Gasteiger partial charge on any atom is -0.478 e. The van der Waals surface area contributed by atoms with E-state index in [1.807, 2.05) is 47.4 Å². The number of benzene rings is 2. The highest BCUT2D eigenvalue weighted by atomic mass is 16.5. The molecule has 1 amide bonds. The Labute approximate surface area is 191 Å². The highest BCUT2D eigenvalue weighted by Crippen LogP contribution is 2.41. The van der Waals surface area contributed by atoms with Gasteiger partial charge in [0.25, 0.3) is 5.91 Å². The number of carbonyl (C=O) groups is 2. The molecule has 1 spiro atoms. The molecule has 0 radical (unpaired) electrons. The third kappa shape index (κ3) is 4.05. The van der Waals surface area contributed by atoms with Crippen molar-refractivity contribution in [3.05, 3.63) is 83.6 Å². The molecule has 3 aromatic rings. The molecule has 5 rings (SSSR count). The summed E-state index contributed by atoms with van der Waals surface area (Å²) in [4.78, 5) is 27.3. The number of Topliss-reactive ketones (excluding diaryl/α,β-unsaturated/α-hetero) is 1. The first-order valence-corrected chi connectivity index (χ1v) is 11.0. The minimum atomic E-state index is -0.799. The van der Waals surface area contributed by atoms with Gasteiger partial charge in [0.1, 0.15) is 5.75 Å². The molecule has 0 bridgehead atoms. The number of piperidine rings is 1. The fourth-order valence-corrected chi connectivity index (χ4v) is 4.36. The van der Waals surface area contributed by atoms with E-state index in [1.165, 1.54) is 0 Å². The molecule has 2 aromatic carbocycles. The topological polar surface area (TPSA) is 105 Å². The van der Waals surface area contributed by atoms with Gasteiger partial charge < -0.3 is 20.1 Å². The molecule has 1 fully saturated rings. The van der Waals surface area contributed by atoms with E-state index in [0.717, 1.165) is 5.56 Å². The Morgan fingerprint density at radius 3 is 2.45 bits per heavy atom. The van der Waals surface area contributed by atoms with E-state index in [1.54, 1.807) is 24.3 Å². The predicted molar refractivity (Wildman–Crippen MR) is 121 cm³/mol. The molecule has 168 valence electrons. The zero-order valence-electron chi connectivity index (χ0n) is 18.0. The molecular weight excluding hydrogens is 420 g/mol. The molecule has 1 aromatic heterocycles. The number of ketones is 1. The van der Waals surface area contributed by atoms with Crippen LogP contribution in [-0.4, -0.2) is 52.2 Å². The lowest BCUT2D eigenvalue weighted by Crippen LogP contribution is -2.50. The predicted octanol–water partition coefficient (Wildman–Crippen LogP) is 2.55. The lowest BCUT2D eigenvalue weighted by atomic mass is 9.86. The maximum atomic E-state index is 12.9. The van der Waals surface area contributed by atoms with Crippen molar-refractivity contribution in [2.45, 2.75) is 24.5 Å². The van der Waals surface area contributed by atoms with Gasteiger partial charge >= 0.3 is 0 Å². The Bertz CT molecular complexity index is 1160. The van der Waals surface area contributed by atoms with Crippen LogP contribution in [0.4, 0.5) is 5.82 Å². The smallest absolute Gasteiger partial charge is 0.271 e. The van der Waals surface area contributed by atoms with Crippen LogP contribution >= 0.6 is 0 Å². The van der Waals surface area contributed by atoms with E-state index in [2.05, 4.69) is 15.5 Å². The summed E-state index contributed by atoms with van der Waals surface area (Å²) in [6.07, 6.45) is 0.318. The molecule has 2 aliphatic rings. The maximum absolute atomic E-state index is 12.9. The van der Waals surface area contributed by atoms with E-state index in [9.17, 15) is 14.7 Å². The lowest BCUT2D eigenvalue weighted by molar-refractivity contribution is 0.0454. The van der Waals surface area contributed by atoms with Crippen molar-refractivity contribution in [2.24, 2.45) is 0 Å². The van der Waals surface area contributed by atoms with E-state index in [4.69, 9.17) is 4.74 Å². The highest BCUT2D eigenvalue weighted by Gasteiger charge is 2.49. The summed E-state index contributed by atoms with van der Waals surface area (Å²) in [7, 11) is 0. The van der Waals surface area contributed by atoms with Gasteiger partial charge in [0.15, 0.2) is 17.1 Å². The third-order valence-electron chi connectivity index (χ3n) is 6.27.